The first-order chi connectivity index (χ1) is 12.3. The molecule has 0 aliphatic carbocycles. The van der Waals surface area contributed by atoms with Crippen molar-refractivity contribution in [3.63, 3.8) is 0 Å². The highest BCUT2D eigenvalue weighted by molar-refractivity contribution is 7.89. The number of aryl methyl sites for hydroxylation is 1. The zero-order valence-electron chi connectivity index (χ0n) is 14.1. The number of nitrogens with one attached hydrogen (secondary N) is 2. The predicted octanol–water partition coefficient (Wildman–Crippen LogP) is 0.530. The third-order valence-corrected chi connectivity index (χ3v) is 6.73. The highest BCUT2D eigenvalue weighted by atomic mass is 32.2. The van der Waals surface area contributed by atoms with Gasteiger partial charge in [0.2, 0.25) is 10.0 Å². The minimum atomic E-state index is -3.59. The Kier molecular flexibility index (Phi) is 5.34. The van der Waals surface area contributed by atoms with E-state index in [4.69, 9.17) is 0 Å². The Labute approximate surface area is 156 Å². The van der Waals surface area contributed by atoms with Crippen molar-refractivity contribution in [2.45, 2.75) is 4.90 Å². The molecule has 0 spiro atoms. The number of rotatable bonds is 5. The van der Waals surface area contributed by atoms with Crippen molar-refractivity contribution in [3.8, 4) is 11.4 Å². The summed E-state index contributed by atoms with van der Waals surface area (Å²) in [5.74, 6) is 0.452. The number of benzene rings is 2. The van der Waals surface area contributed by atoms with Crippen molar-refractivity contribution in [1.82, 2.24) is 24.9 Å². The lowest BCUT2D eigenvalue weighted by atomic mass is 10.1. The van der Waals surface area contributed by atoms with Crippen LogP contribution in [0.25, 0.3) is 11.4 Å². The summed E-state index contributed by atoms with van der Waals surface area (Å²) in [5.41, 5.74) is 2.15. The van der Waals surface area contributed by atoms with E-state index in [1.165, 1.54) is 17.8 Å². The fourth-order valence-electron chi connectivity index (χ4n) is 2.40. The average Bonchev–Trinajstić information content (AvgIpc) is 3.05. The van der Waals surface area contributed by atoms with Crippen molar-refractivity contribution >= 4 is 50.5 Å². The Morgan fingerprint density at radius 3 is 2.54 bits per heavy atom. The second-order valence-corrected chi connectivity index (χ2v) is 8.56. The van der Waals surface area contributed by atoms with E-state index in [0.29, 0.717) is 17.1 Å². The molecule has 136 valence electrons. The molecule has 0 radical (unpaired) electrons. The smallest absolute Gasteiger partial charge is 0.240 e. The molecule has 8 nitrogen and oxygen atoms in total. The van der Waals surface area contributed by atoms with Gasteiger partial charge in [-0.25, -0.2) is 17.8 Å². The van der Waals surface area contributed by atoms with Crippen molar-refractivity contribution in [3.05, 3.63) is 36.4 Å². The highest BCUT2D eigenvalue weighted by Gasteiger charge is 2.18. The molecule has 0 aliphatic heterocycles. The minimum Gasteiger partial charge on any atom is -0.354 e. The van der Waals surface area contributed by atoms with Crippen molar-refractivity contribution in [2.75, 3.05) is 12.4 Å². The first kappa shape index (κ1) is 18.9. The summed E-state index contributed by atoms with van der Waals surface area (Å²) in [7, 11) is 4.84. The van der Waals surface area contributed by atoms with Crippen LogP contribution in [-0.4, -0.2) is 35.7 Å². The molecule has 1 heterocycles. The maximum Gasteiger partial charge on any atom is 0.240 e. The largest absolute Gasteiger partial charge is 0.354 e. The molecule has 26 heavy (non-hydrogen) atoms. The Balaban J connectivity index is 2.16. The Morgan fingerprint density at radius 2 is 1.88 bits per heavy atom. The van der Waals surface area contributed by atoms with Crippen LogP contribution in [0.1, 0.15) is 0 Å². The van der Waals surface area contributed by atoms with E-state index in [1.807, 2.05) is 18.2 Å². The molecule has 0 aliphatic rings. The molecule has 0 bridgehead atoms. The van der Waals surface area contributed by atoms with Gasteiger partial charge in [0, 0.05) is 29.3 Å². The Bertz CT molecular complexity index is 1070. The van der Waals surface area contributed by atoms with Crippen LogP contribution in [0.4, 0.5) is 11.4 Å². The molecule has 0 amide bonds. The lowest BCUT2D eigenvalue weighted by Crippen LogP contribution is -2.19. The monoisotopic (exact) mass is 408 g/mol. The Hall–Kier alpha value is -1.92. The van der Waals surface area contributed by atoms with Gasteiger partial charge in [0.1, 0.15) is 0 Å². The topological polar surface area (TPSA) is 102 Å². The summed E-state index contributed by atoms with van der Waals surface area (Å²) < 4.78 is 28.2. The van der Waals surface area contributed by atoms with Gasteiger partial charge in [-0.1, -0.05) is 12.1 Å². The number of tetrazole rings is 1. The quantitative estimate of drug-likeness (QED) is 0.598. The molecule has 2 aromatic carbocycles. The summed E-state index contributed by atoms with van der Waals surface area (Å²) in [4.78, 5) is 0.134. The number of hydrogen-bond acceptors (Lipinski definition) is 6. The molecular weight excluding hydrogens is 390 g/mol. The summed E-state index contributed by atoms with van der Waals surface area (Å²) >= 11 is 0. The molecule has 0 saturated carbocycles. The lowest BCUT2D eigenvalue weighted by Gasteiger charge is -2.15. The van der Waals surface area contributed by atoms with Gasteiger partial charge in [-0.05, 0) is 47.0 Å². The van der Waals surface area contributed by atoms with Crippen LogP contribution in [-0.2, 0) is 17.1 Å². The maximum absolute atomic E-state index is 12.2. The van der Waals surface area contributed by atoms with E-state index in [1.54, 1.807) is 19.2 Å². The zero-order valence-corrected chi connectivity index (χ0v) is 17.3. The van der Waals surface area contributed by atoms with Gasteiger partial charge in [0.25, 0.3) is 0 Å². The molecule has 11 heteroatoms. The Morgan fingerprint density at radius 1 is 1.12 bits per heavy atom. The van der Waals surface area contributed by atoms with Crippen molar-refractivity contribution in [2.24, 2.45) is 7.05 Å². The van der Waals surface area contributed by atoms with Crippen LogP contribution in [0, 0.1) is 0 Å². The van der Waals surface area contributed by atoms with E-state index in [0.717, 1.165) is 16.3 Å². The van der Waals surface area contributed by atoms with Gasteiger partial charge in [-0.15, -0.1) is 23.6 Å². The second-order valence-electron chi connectivity index (χ2n) is 5.47. The van der Waals surface area contributed by atoms with Crippen LogP contribution in [0.2, 0.25) is 0 Å². The van der Waals surface area contributed by atoms with Gasteiger partial charge in [-0.3, -0.25) is 0 Å². The summed E-state index contributed by atoms with van der Waals surface area (Å²) in [6.45, 7) is 0. The average molecular weight is 408 g/mol. The van der Waals surface area contributed by atoms with Gasteiger partial charge in [-0.2, -0.15) is 0 Å². The van der Waals surface area contributed by atoms with Gasteiger partial charge in [0.15, 0.2) is 5.82 Å². The second kappa shape index (κ2) is 7.37. The molecule has 2 unspecified atom stereocenters. The molecular formula is C15H18N6O2P2S. The molecule has 3 rings (SSSR count). The standard InChI is InChI=1S/C15H18N6O2P2S/c1-16-26(22,23)9-6-7-11(10(8-9)15-18-19-20-21(15)2)17-12-4-3-5-13(24)14(12)25/h3-8,16-17H,24-25H2,1-2H3. The van der Waals surface area contributed by atoms with Gasteiger partial charge in [0.05, 0.1) is 4.90 Å². The van der Waals surface area contributed by atoms with Crippen LogP contribution < -0.4 is 20.6 Å². The van der Waals surface area contributed by atoms with Crippen molar-refractivity contribution in [1.29, 1.82) is 0 Å². The van der Waals surface area contributed by atoms with E-state index in [-0.39, 0.29) is 4.90 Å². The number of sulfonamides is 1. The van der Waals surface area contributed by atoms with Gasteiger partial charge >= 0.3 is 0 Å². The molecule has 2 atom stereocenters. The van der Waals surface area contributed by atoms with Gasteiger partial charge < -0.3 is 5.32 Å². The first-order valence-corrected chi connectivity index (χ1v) is 10.2. The molecule has 2 N–H and O–H groups in total. The zero-order chi connectivity index (χ0) is 18.9. The van der Waals surface area contributed by atoms with E-state index < -0.39 is 10.0 Å². The normalized spacial score (nSPS) is 11.5. The van der Waals surface area contributed by atoms with E-state index in [9.17, 15) is 8.42 Å². The summed E-state index contributed by atoms with van der Waals surface area (Å²) in [6, 6.07) is 10.6. The van der Waals surface area contributed by atoms with Crippen LogP contribution in [0.5, 0.6) is 0 Å². The fraction of sp³-hybridized carbons (Fsp3) is 0.133. The van der Waals surface area contributed by atoms with Crippen LogP contribution in [0.15, 0.2) is 41.3 Å². The third kappa shape index (κ3) is 3.62. The maximum atomic E-state index is 12.2. The molecule has 0 saturated heterocycles. The summed E-state index contributed by atoms with van der Waals surface area (Å²) in [5, 5.41) is 16.9. The van der Waals surface area contributed by atoms with E-state index >= 15 is 0 Å². The number of anilines is 2. The SMILES string of the molecule is CNS(=O)(=O)c1ccc(Nc2cccc(P)c2P)c(-c2nnnn2C)c1. The molecule has 3 aromatic rings. The van der Waals surface area contributed by atoms with E-state index in [2.05, 4.69) is 44.0 Å². The lowest BCUT2D eigenvalue weighted by molar-refractivity contribution is 0.588. The predicted molar refractivity (Wildman–Crippen MR) is 109 cm³/mol. The molecule has 0 fully saturated rings. The number of aromatic nitrogens is 4. The fourth-order valence-corrected chi connectivity index (χ4v) is 3.68. The summed E-state index contributed by atoms with van der Waals surface area (Å²) in [6.07, 6.45) is 0. The molecule has 1 aromatic heterocycles. The minimum absolute atomic E-state index is 0.134. The third-order valence-electron chi connectivity index (χ3n) is 3.84. The highest BCUT2D eigenvalue weighted by Crippen LogP contribution is 2.31. The van der Waals surface area contributed by atoms with Crippen LogP contribution >= 0.6 is 18.5 Å². The number of hydrogen-bond donors (Lipinski definition) is 2. The number of nitrogens with zero attached hydrogens (tertiary/aromatic N) is 4. The first-order valence-electron chi connectivity index (χ1n) is 7.55. The van der Waals surface area contributed by atoms with Crippen LogP contribution in [0.3, 0.4) is 0 Å². The van der Waals surface area contributed by atoms with Crippen molar-refractivity contribution < 1.29 is 8.42 Å².